The summed E-state index contributed by atoms with van der Waals surface area (Å²) in [5.41, 5.74) is 1.03. The van der Waals surface area contributed by atoms with Gasteiger partial charge in [0.05, 0.1) is 25.2 Å². The smallest absolute Gasteiger partial charge is 0.237 e. The number of hydrogen-bond donors (Lipinski definition) is 2. The van der Waals surface area contributed by atoms with Gasteiger partial charge in [-0.1, -0.05) is 30.3 Å². The molecular weight excluding hydrogens is 394 g/mol. The molecule has 7 nitrogen and oxygen atoms in total. The quantitative estimate of drug-likeness (QED) is 0.572. The molecule has 0 bridgehead atoms. The molecular formula is C24H31N3O4. The van der Waals surface area contributed by atoms with Crippen LogP contribution in [0.15, 0.2) is 54.6 Å². The second kappa shape index (κ2) is 11.5. The molecule has 2 aromatic carbocycles. The minimum absolute atomic E-state index is 0.114. The Hall–Kier alpha value is -2.90. The van der Waals surface area contributed by atoms with Crippen LogP contribution in [0.4, 0.5) is 0 Å². The zero-order valence-corrected chi connectivity index (χ0v) is 18.2. The highest BCUT2D eigenvalue weighted by atomic mass is 16.5. The van der Waals surface area contributed by atoms with Gasteiger partial charge >= 0.3 is 0 Å². The molecule has 0 aromatic heterocycles. The van der Waals surface area contributed by atoms with Gasteiger partial charge in [0.15, 0.2) is 0 Å². The molecule has 1 aliphatic heterocycles. The lowest BCUT2D eigenvalue weighted by molar-refractivity contribution is -0.134. The summed E-state index contributed by atoms with van der Waals surface area (Å²) in [6, 6.07) is 16.9. The molecule has 0 radical (unpaired) electrons. The van der Waals surface area contributed by atoms with Gasteiger partial charge in [0.25, 0.3) is 0 Å². The number of nitrogens with one attached hydrogen (secondary N) is 2. The first-order chi connectivity index (χ1) is 15.0. The van der Waals surface area contributed by atoms with Crippen LogP contribution in [0.2, 0.25) is 0 Å². The molecule has 1 fully saturated rings. The van der Waals surface area contributed by atoms with Crippen molar-refractivity contribution in [1.29, 1.82) is 0 Å². The van der Waals surface area contributed by atoms with E-state index in [1.807, 2.05) is 73.3 Å². The van der Waals surface area contributed by atoms with Gasteiger partial charge in [0, 0.05) is 26.2 Å². The van der Waals surface area contributed by atoms with Gasteiger partial charge in [-0.05, 0) is 43.7 Å². The third kappa shape index (κ3) is 7.38. The van der Waals surface area contributed by atoms with Crippen molar-refractivity contribution < 1.29 is 19.1 Å². The summed E-state index contributed by atoms with van der Waals surface area (Å²) in [6.45, 7) is 6.61. The zero-order valence-electron chi connectivity index (χ0n) is 18.2. The van der Waals surface area contributed by atoms with E-state index >= 15 is 0 Å². The summed E-state index contributed by atoms with van der Waals surface area (Å²) in [7, 11) is 0. The number of piperazine rings is 1. The molecule has 7 heteroatoms. The molecule has 1 heterocycles. The summed E-state index contributed by atoms with van der Waals surface area (Å²) >= 11 is 0. The van der Waals surface area contributed by atoms with Crippen LogP contribution < -0.4 is 15.4 Å². The maximum Gasteiger partial charge on any atom is 0.237 e. The van der Waals surface area contributed by atoms with Crippen molar-refractivity contribution in [3.8, 4) is 11.5 Å². The summed E-state index contributed by atoms with van der Waals surface area (Å²) < 4.78 is 11.4. The highest BCUT2D eigenvalue weighted by molar-refractivity contribution is 5.88. The van der Waals surface area contributed by atoms with Crippen LogP contribution in [0.3, 0.4) is 0 Å². The normalized spacial score (nSPS) is 16.7. The van der Waals surface area contributed by atoms with Gasteiger partial charge in [-0.15, -0.1) is 0 Å². The molecule has 2 aromatic rings. The van der Waals surface area contributed by atoms with Crippen LogP contribution in [-0.4, -0.2) is 55.1 Å². The fourth-order valence-corrected chi connectivity index (χ4v) is 3.47. The number of para-hydroxylation sites is 1. The highest BCUT2D eigenvalue weighted by Gasteiger charge is 2.31. The number of nitrogens with zero attached hydrogens (tertiary/aromatic N) is 1. The second-order valence-corrected chi connectivity index (χ2v) is 7.81. The van der Waals surface area contributed by atoms with E-state index in [1.165, 1.54) is 0 Å². The van der Waals surface area contributed by atoms with E-state index in [2.05, 4.69) is 10.6 Å². The minimum Gasteiger partial charge on any atom is -0.457 e. The predicted octanol–water partition coefficient (Wildman–Crippen LogP) is 2.71. The Morgan fingerprint density at radius 2 is 1.94 bits per heavy atom. The lowest BCUT2D eigenvalue weighted by Crippen LogP contribution is -2.56. The van der Waals surface area contributed by atoms with Crippen LogP contribution in [0.1, 0.15) is 25.8 Å². The molecule has 3 rings (SSSR count). The van der Waals surface area contributed by atoms with Crippen LogP contribution in [0, 0.1) is 0 Å². The number of carbonyl (C=O) groups excluding carboxylic acids is 2. The summed E-state index contributed by atoms with van der Waals surface area (Å²) in [4.78, 5) is 26.9. The largest absolute Gasteiger partial charge is 0.457 e. The van der Waals surface area contributed by atoms with Crippen molar-refractivity contribution in [2.75, 3.05) is 26.2 Å². The van der Waals surface area contributed by atoms with Gasteiger partial charge in [-0.3, -0.25) is 14.5 Å². The molecule has 1 atom stereocenters. The Morgan fingerprint density at radius 1 is 1.16 bits per heavy atom. The monoisotopic (exact) mass is 425 g/mol. The van der Waals surface area contributed by atoms with Gasteiger partial charge in [0.2, 0.25) is 11.8 Å². The zero-order chi connectivity index (χ0) is 22.1. The van der Waals surface area contributed by atoms with E-state index < -0.39 is 6.04 Å². The van der Waals surface area contributed by atoms with Crippen LogP contribution >= 0.6 is 0 Å². The third-order valence-electron chi connectivity index (χ3n) is 4.96. The number of amides is 2. The first-order valence-corrected chi connectivity index (χ1v) is 10.7. The maximum atomic E-state index is 12.5. The van der Waals surface area contributed by atoms with Gasteiger partial charge in [-0.25, -0.2) is 0 Å². The summed E-state index contributed by atoms with van der Waals surface area (Å²) in [5.74, 6) is 1.25. The molecule has 2 amide bonds. The van der Waals surface area contributed by atoms with E-state index in [0.29, 0.717) is 32.8 Å². The van der Waals surface area contributed by atoms with Gasteiger partial charge < -0.3 is 20.1 Å². The van der Waals surface area contributed by atoms with Gasteiger partial charge in [0.1, 0.15) is 11.5 Å². The van der Waals surface area contributed by atoms with E-state index in [9.17, 15) is 9.59 Å². The number of ether oxygens (including phenoxy) is 2. The summed E-state index contributed by atoms with van der Waals surface area (Å²) in [5, 5.41) is 5.71. The molecule has 1 saturated heterocycles. The van der Waals surface area contributed by atoms with E-state index in [-0.39, 0.29) is 24.3 Å². The molecule has 1 aliphatic rings. The highest BCUT2D eigenvalue weighted by Crippen LogP contribution is 2.23. The maximum absolute atomic E-state index is 12.5. The van der Waals surface area contributed by atoms with Crippen molar-refractivity contribution in [1.82, 2.24) is 15.5 Å². The van der Waals surface area contributed by atoms with E-state index in [0.717, 1.165) is 17.1 Å². The Balaban J connectivity index is 1.59. The predicted molar refractivity (Wildman–Crippen MR) is 119 cm³/mol. The third-order valence-corrected chi connectivity index (χ3v) is 4.96. The van der Waals surface area contributed by atoms with E-state index in [4.69, 9.17) is 9.47 Å². The molecule has 1 unspecified atom stereocenters. The topological polar surface area (TPSA) is 79.9 Å². The number of rotatable bonds is 10. The second-order valence-electron chi connectivity index (χ2n) is 7.81. The van der Waals surface area contributed by atoms with Crippen LogP contribution in [-0.2, 0) is 20.9 Å². The van der Waals surface area contributed by atoms with Crippen LogP contribution in [0.25, 0.3) is 0 Å². The Morgan fingerprint density at radius 3 is 2.71 bits per heavy atom. The average molecular weight is 426 g/mol. The fraction of sp³-hybridized carbons (Fsp3) is 0.417. The molecule has 2 N–H and O–H groups in total. The lowest BCUT2D eigenvalue weighted by Gasteiger charge is -2.34. The van der Waals surface area contributed by atoms with E-state index in [1.54, 1.807) is 0 Å². The summed E-state index contributed by atoms with van der Waals surface area (Å²) in [6.07, 6.45) is 0.242. The standard InChI is InChI=1S/C24H31N3O4/c1-18(2)30-14-12-25-23(28)16-22-24(29)26-11-13-27(22)17-19-7-6-10-21(15-19)31-20-8-4-3-5-9-20/h3-10,15,18,22H,11-14,16-17H2,1-2H3,(H,25,28)(H,26,29). The number of carbonyl (C=O) groups is 2. The first kappa shape index (κ1) is 22.8. The molecule has 0 spiro atoms. The minimum atomic E-state index is -0.501. The Bertz CT molecular complexity index is 857. The van der Waals surface area contributed by atoms with Crippen LogP contribution in [0.5, 0.6) is 11.5 Å². The van der Waals surface area contributed by atoms with Crippen molar-refractivity contribution in [3.63, 3.8) is 0 Å². The Kier molecular flexibility index (Phi) is 8.44. The number of hydrogen-bond acceptors (Lipinski definition) is 5. The number of benzene rings is 2. The van der Waals surface area contributed by atoms with Crippen molar-refractivity contribution in [2.45, 2.75) is 39.0 Å². The van der Waals surface area contributed by atoms with Crippen molar-refractivity contribution in [2.24, 2.45) is 0 Å². The lowest BCUT2D eigenvalue weighted by atomic mass is 10.1. The average Bonchev–Trinajstić information content (AvgIpc) is 2.75. The van der Waals surface area contributed by atoms with Crippen molar-refractivity contribution in [3.05, 3.63) is 60.2 Å². The first-order valence-electron chi connectivity index (χ1n) is 10.7. The molecule has 166 valence electrons. The fourth-order valence-electron chi connectivity index (χ4n) is 3.47. The molecule has 31 heavy (non-hydrogen) atoms. The van der Waals surface area contributed by atoms with Crippen molar-refractivity contribution >= 4 is 11.8 Å². The molecule has 0 aliphatic carbocycles. The molecule has 0 saturated carbocycles. The SMILES string of the molecule is CC(C)OCCNC(=O)CC1C(=O)NCCN1Cc1cccc(Oc2ccccc2)c1. The Labute approximate surface area is 183 Å². The van der Waals surface area contributed by atoms with Gasteiger partial charge in [-0.2, -0.15) is 0 Å².